The molecule has 1 heterocycles. The number of benzene rings is 1. The quantitative estimate of drug-likeness (QED) is 0.647. The van der Waals surface area contributed by atoms with Crippen molar-refractivity contribution in [2.45, 2.75) is 0 Å². The molecule has 0 radical (unpaired) electrons. The van der Waals surface area contributed by atoms with Crippen LogP contribution in [0.5, 0.6) is 0 Å². The summed E-state index contributed by atoms with van der Waals surface area (Å²) >= 11 is 8.93. The molecule has 0 unspecified atom stereocenters. The van der Waals surface area contributed by atoms with Gasteiger partial charge in [0, 0.05) is 11.3 Å². The Morgan fingerprint density at radius 3 is 2.74 bits per heavy atom. The van der Waals surface area contributed by atoms with Crippen LogP contribution in [0.4, 0.5) is 15.8 Å². The zero-order valence-electron chi connectivity index (χ0n) is 9.45. The summed E-state index contributed by atoms with van der Waals surface area (Å²) in [7, 11) is 0. The summed E-state index contributed by atoms with van der Waals surface area (Å²) in [6.45, 7) is 0. The van der Waals surface area contributed by atoms with Gasteiger partial charge < -0.3 is 11.1 Å². The van der Waals surface area contributed by atoms with Gasteiger partial charge in [-0.3, -0.25) is 4.79 Å². The molecule has 98 valence electrons. The average molecular weight is 345 g/mol. The Labute approximate surface area is 121 Å². The molecule has 0 saturated heterocycles. The van der Waals surface area contributed by atoms with E-state index in [2.05, 4.69) is 26.2 Å². The molecular formula is C12H8BrClFN3O. The van der Waals surface area contributed by atoms with Crippen molar-refractivity contribution < 1.29 is 9.18 Å². The first-order valence-corrected chi connectivity index (χ1v) is 6.31. The minimum Gasteiger partial charge on any atom is -0.399 e. The van der Waals surface area contributed by atoms with E-state index in [9.17, 15) is 9.18 Å². The Balaban J connectivity index is 2.22. The number of hydrogen-bond donors (Lipinski definition) is 2. The number of nitrogens with two attached hydrogens (primary N) is 1. The van der Waals surface area contributed by atoms with Crippen LogP contribution in [0.2, 0.25) is 5.15 Å². The highest BCUT2D eigenvalue weighted by Crippen LogP contribution is 2.23. The van der Waals surface area contributed by atoms with Gasteiger partial charge in [-0.15, -0.1) is 0 Å². The number of anilines is 2. The first kappa shape index (κ1) is 13.8. The number of carbonyl (C=O) groups excluding carboxylic acids is 1. The number of amides is 1. The topological polar surface area (TPSA) is 68.0 Å². The van der Waals surface area contributed by atoms with E-state index in [1.807, 2.05) is 0 Å². The van der Waals surface area contributed by atoms with Crippen LogP contribution in [0.3, 0.4) is 0 Å². The fourth-order valence-corrected chi connectivity index (χ4v) is 1.89. The first-order valence-electron chi connectivity index (χ1n) is 5.14. The Bertz CT molecular complexity index is 631. The zero-order valence-corrected chi connectivity index (χ0v) is 11.8. The second-order valence-electron chi connectivity index (χ2n) is 3.72. The zero-order chi connectivity index (χ0) is 14.0. The van der Waals surface area contributed by atoms with Gasteiger partial charge >= 0.3 is 0 Å². The minimum absolute atomic E-state index is 0.128. The number of nitrogens with zero attached hydrogens (tertiary/aromatic N) is 1. The average Bonchev–Trinajstić information content (AvgIpc) is 2.32. The number of nitrogen functional groups attached to an aromatic ring is 1. The van der Waals surface area contributed by atoms with Crippen LogP contribution < -0.4 is 11.1 Å². The lowest BCUT2D eigenvalue weighted by molar-refractivity contribution is 0.102. The molecule has 0 saturated carbocycles. The molecule has 1 amide bonds. The van der Waals surface area contributed by atoms with E-state index >= 15 is 0 Å². The van der Waals surface area contributed by atoms with E-state index in [1.165, 1.54) is 12.3 Å². The molecule has 1 aromatic heterocycles. The van der Waals surface area contributed by atoms with Crippen molar-refractivity contribution in [3.8, 4) is 0 Å². The Morgan fingerprint density at radius 1 is 1.37 bits per heavy atom. The molecule has 2 aromatic rings. The maximum absolute atomic E-state index is 13.1. The van der Waals surface area contributed by atoms with Crippen LogP contribution in [0.25, 0.3) is 0 Å². The van der Waals surface area contributed by atoms with Gasteiger partial charge in [-0.25, -0.2) is 9.37 Å². The molecule has 0 atom stereocenters. The Morgan fingerprint density at radius 2 is 2.11 bits per heavy atom. The third-order valence-corrected chi connectivity index (χ3v) is 3.37. The van der Waals surface area contributed by atoms with Crippen molar-refractivity contribution >= 4 is 44.8 Å². The summed E-state index contributed by atoms with van der Waals surface area (Å²) in [4.78, 5) is 15.8. The SMILES string of the molecule is Nc1cc(F)cc(C(=O)Nc2cnc(Cl)c(Br)c2)c1. The smallest absolute Gasteiger partial charge is 0.255 e. The summed E-state index contributed by atoms with van der Waals surface area (Å²) in [5, 5.41) is 2.85. The van der Waals surface area contributed by atoms with E-state index < -0.39 is 11.7 Å². The molecule has 4 nitrogen and oxygen atoms in total. The van der Waals surface area contributed by atoms with Gasteiger partial charge in [0.25, 0.3) is 5.91 Å². The first-order chi connectivity index (χ1) is 8.95. The highest BCUT2D eigenvalue weighted by Gasteiger charge is 2.09. The molecule has 0 fully saturated rings. The fraction of sp³-hybridized carbons (Fsp3) is 0. The van der Waals surface area contributed by atoms with Crippen molar-refractivity contribution in [3.63, 3.8) is 0 Å². The van der Waals surface area contributed by atoms with Crippen LogP contribution >= 0.6 is 27.5 Å². The van der Waals surface area contributed by atoms with Gasteiger partial charge in [0.05, 0.1) is 16.4 Å². The Hall–Kier alpha value is -1.66. The molecule has 7 heteroatoms. The number of halogens is 3. The standard InChI is InChI=1S/C12H8BrClFN3O/c13-10-4-9(5-17-11(10)14)18-12(19)6-1-7(15)3-8(16)2-6/h1-5H,16H2,(H,18,19). The number of rotatable bonds is 2. The third kappa shape index (κ3) is 3.42. The number of aromatic nitrogens is 1. The van der Waals surface area contributed by atoms with Crippen molar-refractivity contribution in [1.82, 2.24) is 4.98 Å². The molecule has 0 bridgehead atoms. The minimum atomic E-state index is -0.569. The van der Waals surface area contributed by atoms with E-state index in [0.29, 0.717) is 10.2 Å². The van der Waals surface area contributed by atoms with Crippen LogP contribution in [-0.2, 0) is 0 Å². The monoisotopic (exact) mass is 343 g/mol. The summed E-state index contributed by atoms with van der Waals surface area (Å²) in [6.07, 6.45) is 1.40. The van der Waals surface area contributed by atoms with Gasteiger partial charge in [-0.1, -0.05) is 11.6 Å². The lowest BCUT2D eigenvalue weighted by Crippen LogP contribution is -2.12. The molecule has 19 heavy (non-hydrogen) atoms. The summed E-state index contributed by atoms with van der Waals surface area (Å²) in [5.74, 6) is -1.05. The summed E-state index contributed by atoms with van der Waals surface area (Å²) < 4.78 is 13.7. The second kappa shape index (κ2) is 5.54. The molecule has 0 spiro atoms. The van der Waals surface area contributed by atoms with Crippen molar-refractivity contribution in [2.75, 3.05) is 11.1 Å². The number of nitrogens with one attached hydrogen (secondary N) is 1. The van der Waals surface area contributed by atoms with Crippen LogP contribution in [0.15, 0.2) is 34.9 Å². The van der Waals surface area contributed by atoms with E-state index in [0.717, 1.165) is 12.1 Å². The third-order valence-electron chi connectivity index (χ3n) is 2.24. The van der Waals surface area contributed by atoms with Gasteiger partial charge in [0.1, 0.15) is 11.0 Å². The molecule has 0 aliphatic heterocycles. The highest BCUT2D eigenvalue weighted by atomic mass is 79.9. The molecular weight excluding hydrogens is 337 g/mol. The maximum atomic E-state index is 13.1. The van der Waals surface area contributed by atoms with Crippen LogP contribution in [0, 0.1) is 5.82 Å². The largest absolute Gasteiger partial charge is 0.399 e. The predicted octanol–water partition coefficient (Wildman–Crippen LogP) is 3.47. The lowest BCUT2D eigenvalue weighted by Gasteiger charge is -2.06. The maximum Gasteiger partial charge on any atom is 0.255 e. The lowest BCUT2D eigenvalue weighted by atomic mass is 10.2. The van der Waals surface area contributed by atoms with Crippen molar-refractivity contribution in [1.29, 1.82) is 0 Å². The highest BCUT2D eigenvalue weighted by molar-refractivity contribution is 9.10. The van der Waals surface area contributed by atoms with Gasteiger partial charge in [-0.05, 0) is 40.2 Å². The van der Waals surface area contributed by atoms with Crippen molar-refractivity contribution in [2.24, 2.45) is 0 Å². The Kier molecular flexibility index (Phi) is 4.01. The fourth-order valence-electron chi connectivity index (χ4n) is 1.44. The van der Waals surface area contributed by atoms with Crippen LogP contribution in [0.1, 0.15) is 10.4 Å². The van der Waals surface area contributed by atoms with Gasteiger partial charge in [0.15, 0.2) is 0 Å². The molecule has 0 aliphatic rings. The van der Waals surface area contributed by atoms with Gasteiger partial charge in [0.2, 0.25) is 0 Å². The van der Waals surface area contributed by atoms with E-state index in [-0.39, 0.29) is 16.4 Å². The van der Waals surface area contributed by atoms with E-state index in [1.54, 1.807) is 6.07 Å². The van der Waals surface area contributed by atoms with E-state index in [4.69, 9.17) is 17.3 Å². The summed E-state index contributed by atoms with van der Waals surface area (Å²) in [5.41, 5.74) is 6.22. The predicted molar refractivity (Wildman–Crippen MR) is 75.7 cm³/mol. The molecule has 0 aliphatic carbocycles. The number of hydrogen-bond acceptors (Lipinski definition) is 3. The second-order valence-corrected chi connectivity index (χ2v) is 4.94. The normalized spacial score (nSPS) is 10.3. The summed E-state index contributed by atoms with van der Waals surface area (Å²) in [6, 6.07) is 5.22. The molecule has 3 N–H and O–H groups in total. The molecule has 1 aromatic carbocycles. The molecule has 2 rings (SSSR count). The van der Waals surface area contributed by atoms with Gasteiger partial charge in [-0.2, -0.15) is 0 Å². The van der Waals surface area contributed by atoms with Crippen LogP contribution in [-0.4, -0.2) is 10.9 Å². The number of carbonyl (C=O) groups is 1. The number of pyridine rings is 1. The van der Waals surface area contributed by atoms with Crippen molar-refractivity contribution in [3.05, 3.63) is 51.5 Å².